The molecule has 0 atom stereocenters. The Kier molecular flexibility index (Phi) is 5.05. The number of aromatic nitrogens is 5. The summed E-state index contributed by atoms with van der Waals surface area (Å²) in [6.45, 7) is 6.54. The molecular formula is C12H16N6OS. The first-order chi connectivity index (χ1) is 9.67. The number of ether oxygens (including phenoxy) is 1. The molecule has 106 valence electrons. The Morgan fingerprint density at radius 2 is 2.10 bits per heavy atom. The lowest BCUT2D eigenvalue weighted by Crippen LogP contribution is -2.12. The van der Waals surface area contributed by atoms with Crippen molar-refractivity contribution in [2.24, 2.45) is 0 Å². The zero-order valence-electron chi connectivity index (χ0n) is 11.6. The van der Waals surface area contributed by atoms with Gasteiger partial charge < -0.3 is 10.1 Å². The van der Waals surface area contributed by atoms with E-state index < -0.39 is 0 Å². The highest BCUT2D eigenvalue weighted by Gasteiger charge is 2.10. The summed E-state index contributed by atoms with van der Waals surface area (Å²) >= 11 is 1.31. The van der Waals surface area contributed by atoms with Crippen LogP contribution in [0.2, 0.25) is 0 Å². The molecule has 0 radical (unpaired) electrons. The molecule has 0 aliphatic heterocycles. The van der Waals surface area contributed by atoms with Gasteiger partial charge in [-0.15, -0.1) is 0 Å². The molecule has 0 unspecified atom stereocenters. The highest BCUT2D eigenvalue weighted by atomic mass is 32.2. The van der Waals surface area contributed by atoms with Crippen molar-refractivity contribution in [1.82, 2.24) is 24.9 Å². The van der Waals surface area contributed by atoms with Crippen LogP contribution in [-0.4, -0.2) is 37.6 Å². The van der Waals surface area contributed by atoms with E-state index in [0.717, 1.165) is 11.6 Å². The van der Waals surface area contributed by atoms with Gasteiger partial charge in [-0.2, -0.15) is 15.0 Å². The summed E-state index contributed by atoms with van der Waals surface area (Å²) in [5, 5.41) is 4.30. The Hall–Kier alpha value is -1.96. The Bertz CT molecular complexity index is 551. The molecule has 2 heterocycles. The minimum atomic E-state index is 0.00115. The van der Waals surface area contributed by atoms with Gasteiger partial charge in [0.15, 0.2) is 0 Å². The van der Waals surface area contributed by atoms with Crippen molar-refractivity contribution in [2.75, 3.05) is 11.9 Å². The molecule has 8 heteroatoms. The molecule has 0 spiro atoms. The largest absolute Gasteiger partial charge is 0.461 e. The zero-order valence-corrected chi connectivity index (χ0v) is 12.4. The first kappa shape index (κ1) is 14.4. The van der Waals surface area contributed by atoms with E-state index in [1.54, 1.807) is 18.6 Å². The maximum Gasteiger partial charge on any atom is 0.322 e. The van der Waals surface area contributed by atoms with Gasteiger partial charge in [-0.25, -0.2) is 4.98 Å². The summed E-state index contributed by atoms with van der Waals surface area (Å²) in [4.78, 5) is 21.0. The van der Waals surface area contributed by atoms with Crippen LogP contribution in [-0.2, 0) is 0 Å². The van der Waals surface area contributed by atoms with Gasteiger partial charge >= 0.3 is 6.01 Å². The topological polar surface area (TPSA) is 85.7 Å². The van der Waals surface area contributed by atoms with Crippen LogP contribution in [0.15, 0.2) is 28.8 Å². The lowest BCUT2D eigenvalue weighted by molar-refractivity contribution is 0.219. The number of hydrogen-bond acceptors (Lipinski definition) is 8. The van der Waals surface area contributed by atoms with Crippen LogP contribution in [0.5, 0.6) is 6.01 Å². The van der Waals surface area contributed by atoms with Gasteiger partial charge in [0.25, 0.3) is 0 Å². The SMILES string of the molecule is CCNc1nc(OC(C)C)nc(Sc2cnccn2)n1. The van der Waals surface area contributed by atoms with E-state index >= 15 is 0 Å². The van der Waals surface area contributed by atoms with Crippen molar-refractivity contribution in [3.05, 3.63) is 18.6 Å². The molecule has 0 bridgehead atoms. The van der Waals surface area contributed by atoms with Crippen molar-refractivity contribution in [2.45, 2.75) is 37.1 Å². The lowest BCUT2D eigenvalue weighted by Gasteiger charge is -2.10. The van der Waals surface area contributed by atoms with Gasteiger partial charge in [-0.3, -0.25) is 4.98 Å². The smallest absolute Gasteiger partial charge is 0.322 e. The fourth-order valence-corrected chi connectivity index (χ4v) is 1.99. The van der Waals surface area contributed by atoms with Gasteiger partial charge in [-0.05, 0) is 32.5 Å². The minimum Gasteiger partial charge on any atom is -0.461 e. The first-order valence-electron chi connectivity index (χ1n) is 6.28. The van der Waals surface area contributed by atoms with E-state index in [9.17, 15) is 0 Å². The molecule has 0 aliphatic carbocycles. The number of anilines is 1. The monoisotopic (exact) mass is 292 g/mol. The van der Waals surface area contributed by atoms with Crippen LogP contribution in [0.1, 0.15) is 20.8 Å². The second-order valence-corrected chi connectivity index (χ2v) is 5.05. The van der Waals surface area contributed by atoms with Crippen molar-refractivity contribution in [3.63, 3.8) is 0 Å². The van der Waals surface area contributed by atoms with Crippen molar-refractivity contribution in [1.29, 1.82) is 0 Å². The van der Waals surface area contributed by atoms with E-state index in [2.05, 4.69) is 30.2 Å². The van der Waals surface area contributed by atoms with Gasteiger partial charge in [0, 0.05) is 18.9 Å². The quantitative estimate of drug-likeness (QED) is 0.865. The molecule has 0 aromatic carbocycles. The van der Waals surface area contributed by atoms with Crippen LogP contribution in [0.3, 0.4) is 0 Å². The van der Waals surface area contributed by atoms with E-state index in [0.29, 0.717) is 17.1 Å². The molecule has 7 nitrogen and oxygen atoms in total. The normalized spacial score (nSPS) is 10.6. The van der Waals surface area contributed by atoms with Gasteiger partial charge in [0.2, 0.25) is 11.1 Å². The Morgan fingerprint density at radius 1 is 1.25 bits per heavy atom. The average molecular weight is 292 g/mol. The summed E-state index contributed by atoms with van der Waals surface area (Å²) < 4.78 is 5.53. The van der Waals surface area contributed by atoms with Gasteiger partial charge in [0.1, 0.15) is 5.03 Å². The molecular weight excluding hydrogens is 276 g/mol. The fraction of sp³-hybridized carbons (Fsp3) is 0.417. The van der Waals surface area contributed by atoms with Crippen LogP contribution >= 0.6 is 11.8 Å². The predicted molar refractivity (Wildman–Crippen MR) is 75.9 cm³/mol. The molecule has 0 saturated carbocycles. The van der Waals surface area contributed by atoms with E-state index in [1.807, 2.05) is 20.8 Å². The van der Waals surface area contributed by atoms with Crippen LogP contribution in [0.25, 0.3) is 0 Å². The van der Waals surface area contributed by atoms with E-state index in [4.69, 9.17) is 4.74 Å². The molecule has 2 rings (SSSR count). The maximum atomic E-state index is 5.53. The van der Waals surface area contributed by atoms with Gasteiger partial charge in [-0.1, -0.05) is 0 Å². The average Bonchev–Trinajstić information content (AvgIpc) is 2.39. The highest BCUT2D eigenvalue weighted by Crippen LogP contribution is 2.24. The standard InChI is InChI=1S/C12H16N6OS/c1-4-14-10-16-11(19-8(2)3)18-12(17-10)20-9-7-13-5-6-15-9/h5-8H,4H2,1-3H3,(H,14,16,17,18). The Balaban J connectivity index is 2.24. The van der Waals surface area contributed by atoms with Gasteiger partial charge in [0.05, 0.1) is 12.3 Å². The molecule has 1 N–H and O–H groups in total. The molecule has 20 heavy (non-hydrogen) atoms. The van der Waals surface area contributed by atoms with Crippen LogP contribution in [0, 0.1) is 0 Å². The summed E-state index contributed by atoms with van der Waals surface area (Å²) in [6, 6.07) is 0.303. The first-order valence-corrected chi connectivity index (χ1v) is 7.09. The second kappa shape index (κ2) is 6.99. The number of hydrogen-bond donors (Lipinski definition) is 1. The van der Waals surface area contributed by atoms with E-state index in [-0.39, 0.29) is 6.10 Å². The second-order valence-electron chi connectivity index (χ2n) is 4.07. The molecule has 0 aliphatic rings. The van der Waals surface area contributed by atoms with Crippen LogP contribution < -0.4 is 10.1 Å². The number of rotatable bonds is 6. The van der Waals surface area contributed by atoms with Crippen LogP contribution in [0.4, 0.5) is 5.95 Å². The summed E-state index contributed by atoms with van der Waals surface area (Å²) in [5.41, 5.74) is 0. The molecule has 0 fully saturated rings. The molecule has 2 aromatic rings. The maximum absolute atomic E-state index is 5.53. The third-order valence-corrected chi connectivity index (χ3v) is 2.79. The number of nitrogens with one attached hydrogen (secondary N) is 1. The number of nitrogens with zero attached hydrogens (tertiary/aromatic N) is 5. The fourth-order valence-electron chi connectivity index (χ4n) is 1.32. The third-order valence-electron chi connectivity index (χ3n) is 2.01. The minimum absolute atomic E-state index is 0.00115. The molecule has 0 saturated heterocycles. The Labute approximate surface area is 121 Å². The third kappa shape index (κ3) is 4.30. The van der Waals surface area contributed by atoms with Crippen molar-refractivity contribution in [3.8, 4) is 6.01 Å². The molecule has 0 amide bonds. The summed E-state index contributed by atoms with van der Waals surface area (Å²) in [7, 11) is 0. The molecule has 2 aromatic heterocycles. The lowest BCUT2D eigenvalue weighted by atomic mass is 10.5. The summed E-state index contributed by atoms with van der Waals surface area (Å²) in [6.07, 6.45) is 4.90. The highest BCUT2D eigenvalue weighted by molar-refractivity contribution is 7.99. The van der Waals surface area contributed by atoms with Crippen molar-refractivity contribution >= 4 is 17.7 Å². The Morgan fingerprint density at radius 3 is 2.75 bits per heavy atom. The predicted octanol–water partition coefficient (Wildman–Crippen LogP) is 2.03. The summed E-state index contributed by atoms with van der Waals surface area (Å²) in [5.74, 6) is 0.490. The zero-order chi connectivity index (χ0) is 14.4. The van der Waals surface area contributed by atoms with Crippen molar-refractivity contribution < 1.29 is 4.74 Å². The van der Waals surface area contributed by atoms with E-state index in [1.165, 1.54) is 11.8 Å².